The van der Waals surface area contributed by atoms with Crippen LogP contribution >= 0.6 is 0 Å². The van der Waals surface area contributed by atoms with Crippen LogP contribution in [-0.4, -0.2) is 141 Å². The highest BCUT2D eigenvalue weighted by molar-refractivity contribution is 6.53. The van der Waals surface area contributed by atoms with Gasteiger partial charge in [0.05, 0.1) is 106 Å². The van der Waals surface area contributed by atoms with Crippen molar-refractivity contribution >= 4 is 9.05 Å². The summed E-state index contributed by atoms with van der Waals surface area (Å²) in [5.74, 6) is 0. The van der Waals surface area contributed by atoms with Gasteiger partial charge in [-0.2, -0.15) is 0 Å². The van der Waals surface area contributed by atoms with Gasteiger partial charge < -0.3 is 55.6 Å². The SMILES string of the molecule is CCOCCOCCO[Si](OCCOCCOCC)(OCCOCCOCC)OCCOCCOCC. The first-order chi connectivity index (χ1) is 18.2. The van der Waals surface area contributed by atoms with Crippen LogP contribution in [0.1, 0.15) is 27.7 Å². The maximum absolute atomic E-state index is 6.04. The van der Waals surface area contributed by atoms with Gasteiger partial charge in [-0.05, 0) is 27.7 Å². The number of ether oxygens (including phenoxy) is 8. The highest BCUT2D eigenvalue weighted by Gasteiger charge is 2.46. The van der Waals surface area contributed by atoms with E-state index in [2.05, 4.69) is 0 Å². The Hall–Kier alpha value is -0.263. The third-order valence-corrected chi connectivity index (χ3v) is 6.56. The van der Waals surface area contributed by atoms with Crippen LogP contribution in [0.3, 0.4) is 0 Å². The van der Waals surface area contributed by atoms with E-state index < -0.39 is 9.05 Å². The summed E-state index contributed by atoms with van der Waals surface area (Å²) in [5.41, 5.74) is 0. The van der Waals surface area contributed by atoms with Gasteiger partial charge in [-0.3, -0.25) is 0 Å². The van der Waals surface area contributed by atoms with E-state index >= 15 is 0 Å². The normalized spacial score (nSPS) is 12.0. The first-order valence-electron chi connectivity index (χ1n) is 13.4. The third-order valence-electron chi connectivity index (χ3n) is 4.33. The molecule has 0 saturated heterocycles. The number of hydrogen-bond acceptors (Lipinski definition) is 12. The summed E-state index contributed by atoms with van der Waals surface area (Å²) < 4.78 is 67.5. The van der Waals surface area contributed by atoms with Gasteiger partial charge in [0.1, 0.15) is 0 Å². The average molecular weight is 561 g/mol. The van der Waals surface area contributed by atoms with Crippen molar-refractivity contribution in [2.75, 3.05) is 132 Å². The van der Waals surface area contributed by atoms with Crippen molar-refractivity contribution in [2.45, 2.75) is 27.7 Å². The monoisotopic (exact) mass is 560 g/mol. The van der Waals surface area contributed by atoms with Crippen LogP contribution in [0.4, 0.5) is 0 Å². The highest BCUT2D eigenvalue weighted by Crippen LogP contribution is 2.13. The Bertz CT molecular complexity index is 359. The summed E-state index contributed by atoms with van der Waals surface area (Å²) in [6.07, 6.45) is 0. The molecule has 37 heavy (non-hydrogen) atoms. The summed E-state index contributed by atoms with van der Waals surface area (Å²) in [7, 11) is -3.54. The lowest BCUT2D eigenvalue weighted by molar-refractivity contribution is -0.0738. The fourth-order valence-electron chi connectivity index (χ4n) is 2.61. The van der Waals surface area contributed by atoms with Gasteiger partial charge in [-0.1, -0.05) is 0 Å². The second-order valence-corrected chi connectivity index (χ2v) is 9.29. The Morgan fingerprint density at radius 2 is 0.459 bits per heavy atom. The van der Waals surface area contributed by atoms with Gasteiger partial charge >= 0.3 is 9.05 Å². The molecule has 0 aliphatic carbocycles. The zero-order valence-corrected chi connectivity index (χ0v) is 24.5. The van der Waals surface area contributed by atoms with Gasteiger partial charge in [0, 0.05) is 26.4 Å². The van der Waals surface area contributed by atoms with Crippen LogP contribution in [0.5, 0.6) is 0 Å². The molecule has 0 heterocycles. The van der Waals surface area contributed by atoms with Crippen LogP contribution in [0, 0.1) is 0 Å². The Morgan fingerprint density at radius 1 is 0.270 bits per heavy atom. The van der Waals surface area contributed by atoms with E-state index in [-0.39, 0.29) is 26.4 Å². The quantitative estimate of drug-likeness (QED) is 0.0882. The van der Waals surface area contributed by atoms with Crippen LogP contribution < -0.4 is 0 Å². The standard InChI is InChI=1S/C24H52O12Si/c1-5-25-9-13-29-17-21-33-37(34-22-18-30-14-10-26-6-2,35-23-19-31-15-11-27-7-3)36-24-20-32-16-12-28-8-4/h5-24H2,1-4H3. The molecule has 0 unspecified atom stereocenters. The van der Waals surface area contributed by atoms with Crippen LogP contribution in [0.25, 0.3) is 0 Å². The summed E-state index contributed by atoms with van der Waals surface area (Å²) in [4.78, 5) is 0. The van der Waals surface area contributed by atoms with Gasteiger partial charge in [0.2, 0.25) is 0 Å². The fourth-order valence-corrected chi connectivity index (χ4v) is 4.44. The minimum atomic E-state index is -3.54. The second kappa shape index (κ2) is 30.3. The van der Waals surface area contributed by atoms with Crippen molar-refractivity contribution in [3.63, 3.8) is 0 Å². The van der Waals surface area contributed by atoms with Crippen molar-refractivity contribution in [3.8, 4) is 0 Å². The molecule has 0 rings (SSSR count). The third kappa shape index (κ3) is 25.8. The van der Waals surface area contributed by atoms with E-state index in [1.54, 1.807) is 0 Å². The summed E-state index contributed by atoms with van der Waals surface area (Å²) in [6, 6.07) is 0. The van der Waals surface area contributed by atoms with E-state index in [9.17, 15) is 0 Å². The second-order valence-electron chi connectivity index (χ2n) is 7.13. The molecule has 0 N–H and O–H groups in total. The molecule has 12 nitrogen and oxygen atoms in total. The maximum atomic E-state index is 6.04. The molecule has 0 bridgehead atoms. The molecule has 0 fully saturated rings. The Labute approximate surface area is 224 Å². The fraction of sp³-hybridized carbons (Fsp3) is 1.00. The first-order valence-corrected chi connectivity index (χ1v) is 15.1. The van der Waals surface area contributed by atoms with Gasteiger partial charge in [-0.25, -0.2) is 0 Å². The summed E-state index contributed by atoms with van der Waals surface area (Å²) in [5, 5.41) is 0. The van der Waals surface area contributed by atoms with Crippen LogP contribution in [0.15, 0.2) is 0 Å². The highest BCUT2D eigenvalue weighted by atomic mass is 28.4. The molecule has 0 amide bonds. The molecule has 13 heteroatoms. The molecule has 0 saturated carbocycles. The minimum absolute atomic E-state index is 0.236. The maximum Gasteiger partial charge on any atom is 0.680 e. The zero-order valence-electron chi connectivity index (χ0n) is 23.5. The largest absolute Gasteiger partial charge is 0.680 e. The summed E-state index contributed by atoms with van der Waals surface area (Å²) in [6.45, 7) is 16.7. The molecular weight excluding hydrogens is 508 g/mol. The summed E-state index contributed by atoms with van der Waals surface area (Å²) >= 11 is 0. The molecular formula is C24H52O12Si. The van der Waals surface area contributed by atoms with E-state index in [1.165, 1.54) is 0 Å². The van der Waals surface area contributed by atoms with Crippen molar-refractivity contribution in [2.24, 2.45) is 0 Å². The Balaban J connectivity index is 4.78. The predicted molar refractivity (Wildman–Crippen MR) is 139 cm³/mol. The van der Waals surface area contributed by atoms with E-state index in [4.69, 9.17) is 55.6 Å². The first kappa shape index (κ1) is 36.7. The van der Waals surface area contributed by atoms with Gasteiger partial charge in [0.25, 0.3) is 0 Å². The van der Waals surface area contributed by atoms with Crippen molar-refractivity contribution < 1.29 is 55.6 Å². The number of hydrogen-bond donors (Lipinski definition) is 0. The molecule has 0 aromatic rings. The van der Waals surface area contributed by atoms with Gasteiger partial charge in [0.15, 0.2) is 0 Å². The molecule has 0 aromatic carbocycles. The lowest BCUT2D eigenvalue weighted by Gasteiger charge is -2.28. The average Bonchev–Trinajstić information content (AvgIpc) is 2.91. The van der Waals surface area contributed by atoms with E-state index in [0.29, 0.717) is 106 Å². The molecule has 0 atom stereocenters. The lowest BCUT2D eigenvalue weighted by atomic mass is 10.7. The Morgan fingerprint density at radius 3 is 0.676 bits per heavy atom. The number of rotatable bonds is 32. The topological polar surface area (TPSA) is 111 Å². The lowest BCUT2D eigenvalue weighted by Crippen LogP contribution is -2.51. The van der Waals surface area contributed by atoms with Gasteiger partial charge in [-0.15, -0.1) is 0 Å². The molecule has 0 radical (unpaired) electrons. The van der Waals surface area contributed by atoms with Crippen molar-refractivity contribution in [1.82, 2.24) is 0 Å². The molecule has 0 aliphatic heterocycles. The molecule has 224 valence electrons. The zero-order chi connectivity index (χ0) is 27.1. The predicted octanol–water partition coefficient (Wildman–Crippen LogP) is 1.70. The Kier molecular flexibility index (Phi) is 30.1. The smallest absolute Gasteiger partial charge is 0.379 e. The molecule has 0 aliphatic rings. The van der Waals surface area contributed by atoms with E-state index in [1.807, 2.05) is 27.7 Å². The van der Waals surface area contributed by atoms with Crippen molar-refractivity contribution in [3.05, 3.63) is 0 Å². The van der Waals surface area contributed by atoms with Crippen LogP contribution in [-0.2, 0) is 55.6 Å². The van der Waals surface area contributed by atoms with Crippen LogP contribution in [0.2, 0.25) is 0 Å². The molecule has 0 spiro atoms. The van der Waals surface area contributed by atoms with E-state index in [0.717, 1.165) is 0 Å². The minimum Gasteiger partial charge on any atom is -0.379 e. The molecule has 0 aromatic heterocycles. The van der Waals surface area contributed by atoms with Crippen molar-refractivity contribution in [1.29, 1.82) is 0 Å².